The summed E-state index contributed by atoms with van der Waals surface area (Å²) in [5.41, 5.74) is 1.40. The third kappa shape index (κ3) is 4.36. The smallest absolute Gasteiger partial charge is 0.258 e. The van der Waals surface area contributed by atoms with E-state index in [4.69, 9.17) is 0 Å². The van der Waals surface area contributed by atoms with Crippen LogP contribution in [0.25, 0.3) is 0 Å². The summed E-state index contributed by atoms with van der Waals surface area (Å²) in [4.78, 5) is 28.7. The predicted octanol–water partition coefficient (Wildman–Crippen LogP) is 3.87. The van der Waals surface area contributed by atoms with Gasteiger partial charge in [-0.05, 0) is 45.1 Å². The Bertz CT molecular complexity index is 851. The van der Waals surface area contributed by atoms with E-state index >= 15 is 0 Å². The number of amides is 2. The van der Waals surface area contributed by atoms with E-state index in [0.29, 0.717) is 5.56 Å². The number of benzene rings is 1. The van der Waals surface area contributed by atoms with Crippen LogP contribution in [0.15, 0.2) is 42.7 Å². The second-order valence-corrected chi connectivity index (χ2v) is 8.55. The van der Waals surface area contributed by atoms with Crippen LogP contribution in [-0.2, 0) is 4.79 Å². The van der Waals surface area contributed by atoms with E-state index in [1.807, 2.05) is 44.2 Å². The maximum Gasteiger partial charge on any atom is 0.258 e. The molecule has 0 radical (unpaired) electrons. The van der Waals surface area contributed by atoms with Gasteiger partial charge in [0.2, 0.25) is 5.91 Å². The molecule has 1 N–H and O–H groups in total. The van der Waals surface area contributed by atoms with Crippen molar-refractivity contribution in [2.45, 2.75) is 76.5 Å². The van der Waals surface area contributed by atoms with Crippen molar-refractivity contribution in [3.05, 3.63) is 53.9 Å². The molecule has 2 amide bonds. The molecule has 2 fully saturated rings. The van der Waals surface area contributed by atoms with Gasteiger partial charge in [-0.1, -0.05) is 43.2 Å². The maximum atomic E-state index is 13.5. The first kappa shape index (κ1) is 19.7. The molecule has 6 heteroatoms. The number of aromatic nitrogens is 2. The number of hydrogen-bond donors (Lipinski definition) is 1. The highest BCUT2D eigenvalue weighted by molar-refractivity contribution is 5.98. The van der Waals surface area contributed by atoms with E-state index < -0.39 is 6.04 Å². The first-order chi connectivity index (χ1) is 14.0. The van der Waals surface area contributed by atoms with Crippen LogP contribution < -0.4 is 5.32 Å². The Kier molecular flexibility index (Phi) is 5.69. The molecule has 1 aromatic heterocycles. The summed E-state index contributed by atoms with van der Waals surface area (Å²) in [7, 11) is 0. The van der Waals surface area contributed by atoms with E-state index in [2.05, 4.69) is 10.4 Å². The highest BCUT2D eigenvalue weighted by Gasteiger charge is 2.42. The van der Waals surface area contributed by atoms with Gasteiger partial charge in [0, 0.05) is 24.3 Å². The van der Waals surface area contributed by atoms with Gasteiger partial charge in [-0.25, -0.2) is 0 Å². The van der Waals surface area contributed by atoms with Crippen molar-refractivity contribution in [1.82, 2.24) is 20.0 Å². The highest BCUT2D eigenvalue weighted by atomic mass is 16.2. The lowest BCUT2D eigenvalue weighted by Crippen LogP contribution is -2.47. The van der Waals surface area contributed by atoms with Crippen LogP contribution in [0, 0.1) is 0 Å². The molecule has 0 saturated heterocycles. The van der Waals surface area contributed by atoms with Crippen molar-refractivity contribution in [3.63, 3.8) is 0 Å². The lowest BCUT2D eigenvalue weighted by Gasteiger charge is -2.32. The molecule has 2 aliphatic rings. The zero-order chi connectivity index (χ0) is 20.4. The van der Waals surface area contributed by atoms with Gasteiger partial charge in [-0.2, -0.15) is 5.10 Å². The van der Waals surface area contributed by atoms with Crippen LogP contribution in [-0.4, -0.2) is 38.6 Å². The Hall–Kier alpha value is -2.63. The quantitative estimate of drug-likeness (QED) is 0.775. The van der Waals surface area contributed by atoms with E-state index in [1.165, 1.54) is 0 Å². The van der Waals surface area contributed by atoms with Crippen LogP contribution in [0.1, 0.15) is 80.4 Å². The summed E-state index contributed by atoms with van der Waals surface area (Å²) >= 11 is 0. The molecule has 1 heterocycles. The van der Waals surface area contributed by atoms with Crippen molar-refractivity contribution in [1.29, 1.82) is 0 Å². The molecule has 1 atom stereocenters. The first-order valence-corrected chi connectivity index (χ1v) is 10.8. The van der Waals surface area contributed by atoms with Gasteiger partial charge >= 0.3 is 0 Å². The van der Waals surface area contributed by atoms with Crippen LogP contribution >= 0.6 is 0 Å². The Labute approximate surface area is 172 Å². The maximum absolute atomic E-state index is 13.5. The SMILES string of the molecule is CC(C)n1cc(C(=O)N(C2CC2)[C@@H](C(=O)NC2CCCC2)c2ccccc2)cn1. The third-order valence-electron chi connectivity index (χ3n) is 5.90. The van der Waals surface area contributed by atoms with Gasteiger partial charge in [0.25, 0.3) is 5.91 Å². The molecule has 6 nitrogen and oxygen atoms in total. The number of nitrogens with one attached hydrogen (secondary N) is 1. The molecule has 29 heavy (non-hydrogen) atoms. The van der Waals surface area contributed by atoms with E-state index in [-0.39, 0.29) is 29.9 Å². The number of hydrogen-bond acceptors (Lipinski definition) is 3. The average Bonchev–Trinajstić information content (AvgIpc) is 3.19. The molecule has 0 spiro atoms. The molecule has 4 rings (SSSR count). The molecule has 1 aromatic carbocycles. The molecule has 2 aromatic rings. The Balaban J connectivity index is 1.65. The monoisotopic (exact) mass is 394 g/mol. The van der Waals surface area contributed by atoms with E-state index in [1.54, 1.807) is 22.0 Å². The van der Waals surface area contributed by atoms with Gasteiger partial charge in [0.05, 0.1) is 11.8 Å². The molecular weight excluding hydrogens is 364 g/mol. The summed E-state index contributed by atoms with van der Waals surface area (Å²) in [6.45, 7) is 4.06. The van der Waals surface area contributed by atoms with Gasteiger partial charge in [-0.15, -0.1) is 0 Å². The zero-order valence-corrected chi connectivity index (χ0v) is 17.3. The van der Waals surface area contributed by atoms with Crippen molar-refractivity contribution in [3.8, 4) is 0 Å². The third-order valence-corrected chi connectivity index (χ3v) is 5.90. The van der Waals surface area contributed by atoms with Crippen molar-refractivity contribution >= 4 is 11.8 Å². The highest BCUT2D eigenvalue weighted by Crippen LogP contribution is 2.36. The number of carbonyl (C=O) groups is 2. The van der Waals surface area contributed by atoms with Crippen LogP contribution in [0.3, 0.4) is 0 Å². The van der Waals surface area contributed by atoms with Crippen LogP contribution in [0.4, 0.5) is 0 Å². The normalized spacial score (nSPS) is 18.0. The Morgan fingerprint density at radius 3 is 2.38 bits per heavy atom. The fourth-order valence-corrected chi connectivity index (χ4v) is 4.15. The predicted molar refractivity (Wildman–Crippen MR) is 111 cm³/mol. The molecule has 0 aliphatic heterocycles. The number of carbonyl (C=O) groups excluding carboxylic acids is 2. The minimum atomic E-state index is -0.612. The fourth-order valence-electron chi connectivity index (χ4n) is 4.15. The molecule has 154 valence electrons. The summed E-state index contributed by atoms with van der Waals surface area (Å²) in [5, 5.41) is 7.54. The van der Waals surface area contributed by atoms with Gasteiger partial charge in [0.15, 0.2) is 0 Å². The Morgan fingerprint density at radius 2 is 1.79 bits per heavy atom. The van der Waals surface area contributed by atoms with Crippen LogP contribution in [0.5, 0.6) is 0 Å². The zero-order valence-electron chi connectivity index (χ0n) is 17.3. The van der Waals surface area contributed by atoms with Crippen molar-refractivity contribution in [2.75, 3.05) is 0 Å². The minimum absolute atomic E-state index is 0.0698. The first-order valence-electron chi connectivity index (χ1n) is 10.8. The second-order valence-electron chi connectivity index (χ2n) is 8.55. The lowest BCUT2D eigenvalue weighted by atomic mass is 10.0. The van der Waals surface area contributed by atoms with Gasteiger partial charge in [-0.3, -0.25) is 14.3 Å². The van der Waals surface area contributed by atoms with Crippen molar-refractivity contribution < 1.29 is 9.59 Å². The topological polar surface area (TPSA) is 67.2 Å². The largest absolute Gasteiger partial charge is 0.351 e. The lowest BCUT2D eigenvalue weighted by molar-refractivity contribution is -0.126. The van der Waals surface area contributed by atoms with E-state index in [0.717, 1.165) is 44.1 Å². The number of rotatable bonds is 7. The Morgan fingerprint density at radius 1 is 1.10 bits per heavy atom. The standard InChI is InChI=1S/C23H30N4O2/c1-16(2)26-15-18(14-24-26)23(29)27(20-12-13-20)21(17-8-4-3-5-9-17)22(28)25-19-10-6-7-11-19/h3-5,8-9,14-16,19-21H,6-7,10-13H2,1-2H3,(H,25,28)/t21-/m1/s1. The molecule has 0 unspecified atom stereocenters. The minimum Gasteiger partial charge on any atom is -0.351 e. The molecule has 0 bridgehead atoms. The summed E-state index contributed by atoms with van der Waals surface area (Å²) in [6.07, 6.45) is 9.63. The molecule has 2 saturated carbocycles. The number of nitrogens with zero attached hydrogens (tertiary/aromatic N) is 3. The summed E-state index contributed by atoms with van der Waals surface area (Å²) in [6, 6.07) is 9.57. The van der Waals surface area contributed by atoms with Crippen LogP contribution in [0.2, 0.25) is 0 Å². The summed E-state index contributed by atoms with van der Waals surface area (Å²) in [5.74, 6) is -0.186. The second kappa shape index (κ2) is 8.39. The van der Waals surface area contributed by atoms with Gasteiger partial charge in [0.1, 0.15) is 6.04 Å². The molecule has 2 aliphatic carbocycles. The molecular formula is C23H30N4O2. The summed E-state index contributed by atoms with van der Waals surface area (Å²) < 4.78 is 1.79. The average molecular weight is 395 g/mol. The van der Waals surface area contributed by atoms with Gasteiger partial charge < -0.3 is 10.2 Å². The van der Waals surface area contributed by atoms with E-state index in [9.17, 15) is 9.59 Å². The van der Waals surface area contributed by atoms with Crippen molar-refractivity contribution in [2.24, 2.45) is 0 Å². The fraction of sp³-hybridized carbons (Fsp3) is 0.522.